The molecule has 4 N–H and O–H groups in total. The first kappa shape index (κ1) is 17.7. The van der Waals surface area contributed by atoms with Crippen LogP contribution in [0.15, 0.2) is 12.1 Å². The molecule has 0 saturated heterocycles. The number of rotatable bonds is 4. The first-order chi connectivity index (χ1) is 9.76. The maximum Gasteiger partial charge on any atom is 0.321 e. The summed E-state index contributed by atoms with van der Waals surface area (Å²) >= 11 is 11.7. The maximum atomic E-state index is 13.5. The van der Waals surface area contributed by atoms with Crippen LogP contribution in [-0.4, -0.2) is 25.0 Å². The van der Waals surface area contributed by atoms with Gasteiger partial charge < -0.3 is 10.6 Å². The lowest BCUT2D eigenvalue weighted by Crippen LogP contribution is -2.92. The Morgan fingerprint density at radius 3 is 2.43 bits per heavy atom. The summed E-state index contributed by atoms with van der Waals surface area (Å²) < 4.78 is 13.5. The molecule has 1 aromatic carbocycles. The van der Waals surface area contributed by atoms with Gasteiger partial charge in [-0.2, -0.15) is 0 Å². The number of quaternary nitrogens is 1. The predicted molar refractivity (Wildman–Crippen MR) is 78.8 cm³/mol. The minimum Gasteiger partial charge on any atom is -0.341 e. The number of carbonyl (C=O) groups excluding carboxylic acids is 2. The van der Waals surface area contributed by atoms with E-state index in [0.29, 0.717) is 10.6 Å². The maximum absolute atomic E-state index is 13.5. The van der Waals surface area contributed by atoms with Crippen molar-refractivity contribution in [3.8, 4) is 0 Å². The van der Waals surface area contributed by atoms with E-state index in [0.717, 1.165) is 0 Å². The van der Waals surface area contributed by atoms with Gasteiger partial charge in [0.05, 0.1) is 10.0 Å². The molecule has 21 heavy (non-hydrogen) atoms. The fraction of sp³-hybridized carbons (Fsp3) is 0.385. The Labute approximate surface area is 132 Å². The summed E-state index contributed by atoms with van der Waals surface area (Å²) in [4.78, 5) is 22.8. The van der Waals surface area contributed by atoms with E-state index in [-0.39, 0.29) is 11.1 Å². The van der Waals surface area contributed by atoms with Gasteiger partial charge in [0.15, 0.2) is 6.04 Å². The molecule has 0 aliphatic carbocycles. The molecule has 0 heterocycles. The molecular formula is C13H17Cl2FN3O2+. The zero-order valence-corrected chi connectivity index (χ0v) is 13.3. The number of carbonyl (C=O) groups is 2. The highest BCUT2D eigenvalue weighted by Crippen LogP contribution is 2.27. The first-order valence-electron chi connectivity index (χ1n) is 6.28. The van der Waals surface area contributed by atoms with Crippen molar-refractivity contribution in [3.63, 3.8) is 0 Å². The van der Waals surface area contributed by atoms with Crippen LogP contribution >= 0.6 is 23.2 Å². The van der Waals surface area contributed by atoms with E-state index in [9.17, 15) is 14.0 Å². The van der Waals surface area contributed by atoms with Crippen molar-refractivity contribution in [2.45, 2.75) is 25.9 Å². The number of benzene rings is 1. The molecule has 1 aromatic rings. The van der Waals surface area contributed by atoms with Crippen LogP contribution in [0.1, 0.15) is 25.5 Å². The zero-order valence-electron chi connectivity index (χ0n) is 11.8. The number of halogens is 3. The van der Waals surface area contributed by atoms with Crippen LogP contribution in [0.2, 0.25) is 10.0 Å². The van der Waals surface area contributed by atoms with Gasteiger partial charge in [-0.1, -0.05) is 23.2 Å². The number of amides is 3. The second-order valence-electron chi connectivity index (χ2n) is 4.63. The van der Waals surface area contributed by atoms with Gasteiger partial charge in [-0.3, -0.25) is 10.1 Å². The van der Waals surface area contributed by atoms with Crippen molar-refractivity contribution in [2.75, 3.05) is 7.05 Å². The van der Waals surface area contributed by atoms with Crippen LogP contribution in [0.25, 0.3) is 0 Å². The van der Waals surface area contributed by atoms with Crippen molar-refractivity contribution in [2.24, 2.45) is 0 Å². The second-order valence-corrected chi connectivity index (χ2v) is 5.44. The third kappa shape index (κ3) is 4.84. The van der Waals surface area contributed by atoms with E-state index in [1.165, 1.54) is 19.2 Å². The molecular weight excluding hydrogens is 320 g/mol. The van der Waals surface area contributed by atoms with Crippen LogP contribution in [0.5, 0.6) is 0 Å². The predicted octanol–water partition coefficient (Wildman–Crippen LogP) is 1.60. The lowest BCUT2D eigenvalue weighted by Gasteiger charge is -2.17. The van der Waals surface area contributed by atoms with Crippen LogP contribution in [0.4, 0.5) is 9.18 Å². The molecule has 116 valence electrons. The van der Waals surface area contributed by atoms with Gasteiger partial charge in [-0.05, 0) is 26.0 Å². The summed E-state index contributed by atoms with van der Waals surface area (Å²) in [6.07, 6.45) is 0. The van der Waals surface area contributed by atoms with E-state index in [2.05, 4.69) is 10.6 Å². The highest BCUT2D eigenvalue weighted by molar-refractivity contribution is 6.35. The lowest BCUT2D eigenvalue weighted by molar-refractivity contribution is -0.710. The monoisotopic (exact) mass is 336 g/mol. The minimum absolute atomic E-state index is 0.0543. The highest BCUT2D eigenvalue weighted by atomic mass is 35.5. The Balaban J connectivity index is 2.77. The molecule has 0 aliphatic rings. The number of hydrogen-bond acceptors (Lipinski definition) is 2. The second kappa shape index (κ2) is 7.59. The highest BCUT2D eigenvalue weighted by Gasteiger charge is 2.23. The molecule has 0 radical (unpaired) electrons. The summed E-state index contributed by atoms with van der Waals surface area (Å²) in [5, 5.41) is 6.40. The van der Waals surface area contributed by atoms with Crippen molar-refractivity contribution in [1.29, 1.82) is 0 Å². The van der Waals surface area contributed by atoms with Crippen molar-refractivity contribution < 1.29 is 19.3 Å². The summed E-state index contributed by atoms with van der Waals surface area (Å²) in [6, 6.07) is 1.16. The topological polar surface area (TPSA) is 74.8 Å². The fourth-order valence-electron chi connectivity index (χ4n) is 1.80. The van der Waals surface area contributed by atoms with Gasteiger partial charge in [0.2, 0.25) is 0 Å². The number of urea groups is 1. The van der Waals surface area contributed by atoms with Crippen molar-refractivity contribution in [3.05, 3.63) is 33.6 Å². The van der Waals surface area contributed by atoms with Crippen LogP contribution in [-0.2, 0) is 4.79 Å². The number of nitrogens with one attached hydrogen (secondary N) is 2. The molecule has 1 rings (SSSR count). The molecule has 0 fully saturated rings. The van der Waals surface area contributed by atoms with Crippen LogP contribution in [0.3, 0.4) is 0 Å². The van der Waals surface area contributed by atoms with Gasteiger partial charge in [0.1, 0.15) is 11.9 Å². The van der Waals surface area contributed by atoms with Crippen molar-refractivity contribution in [1.82, 2.24) is 10.6 Å². The van der Waals surface area contributed by atoms with Gasteiger partial charge in [-0.15, -0.1) is 0 Å². The molecule has 0 saturated carbocycles. The van der Waals surface area contributed by atoms with E-state index in [4.69, 9.17) is 23.2 Å². The number of imide groups is 1. The molecule has 8 heteroatoms. The Hall–Kier alpha value is -1.37. The minimum atomic E-state index is -0.580. The lowest BCUT2D eigenvalue weighted by atomic mass is 10.1. The summed E-state index contributed by atoms with van der Waals surface area (Å²) in [5.41, 5.74) is 0.526. The SMILES string of the molecule is CNC(=O)NC(=O)[C@H](C)[NH2+][C@H](C)c1cc(F)c(Cl)cc1Cl. The molecule has 5 nitrogen and oxygen atoms in total. The average Bonchev–Trinajstić information content (AvgIpc) is 2.42. The summed E-state index contributed by atoms with van der Waals surface area (Å²) in [6.45, 7) is 3.41. The number of nitrogens with two attached hydrogens (primary N) is 1. The standard InChI is InChI=1S/C13H16Cl2FN3O2/c1-6(8-4-11(16)10(15)5-9(8)14)18-7(2)12(20)19-13(21)17-3/h4-7,18H,1-3H3,(H2,17,19,20,21)/p+1/t6-,7+/m1/s1. The third-order valence-electron chi connectivity index (χ3n) is 2.98. The molecule has 0 unspecified atom stereocenters. The van der Waals surface area contributed by atoms with Gasteiger partial charge in [0, 0.05) is 12.6 Å². The van der Waals surface area contributed by atoms with E-state index in [1.807, 2.05) is 0 Å². The molecule has 2 atom stereocenters. The van der Waals surface area contributed by atoms with Gasteiger partial charge in [0.25, 0.3) is 5.91 Å². The third-order valence-corrected chi connectivity index (χ3v) is 3.60. The van der Waals surface area contributed by atoms with E-state index in [1.54, 1.807) is 19.2 Å². The number of hydrogen-bond donors (Lipinski definition) is 3. The van der Waals surface area contributed by atoms with Gasteiger partial charge >= 0.3 is 6.03 Å². The Morgan fingerprint density at radius 1 is 1.24 bits per heavy atom. The molecule has 0 spiro atoms. The molecule has 0 aromatic heterocycles. The zero-order chi connectivity index (χ0) is 16.2. The fourth-order valence-corrected chi connectivity index (χ4v) is 2.35. The van der Waals surface area contributed by atoms with Crippen LogP contribution in [0, 0.1) is 5.82 Å². The quantitative estimate of drug-likeness (QED) is 0.730. The average molecular weight is 337 g/mol. The van der Waals surface area contributed by atoms with Gasteiger partial charge in [-0.25, -0.2) is 9.18 Å². The summed E-state index contributed by atoms with van der Waals surface area (Å²) in [7, 11) is 1.41. The Kier molecular flexibility index (Phi) is 6.39. The summed E-state index contributed by atoms with van der Waals surface area (Å²) in [5.74, 6) is -1.02. The first-order valence-corrected chi connectivity index (χ1v) is 7.03. The largest absolute Gasteiger partial charge is 0.341 e. The smallest absolute Gasteiger partial charge is 0.321 e. The Bertz CT molecular complexity index is 554. The molecule has 0 bridgehead atoms. The Morgan fingerprint density at radius 2 is 1.86 bits per heavy atom. The van der Waals surface area contributed by atoms with Crippen molar-refractivity contribution >= 4 is 35.1 Å². The van der Waals surface area contributed by atoms with Crippen LogP contribution < -0.4 is 16.0 Å². The normalized spacial score (nSPS) is 13.4. The van der Waals surface area contributed by atoms with E-state index < -0.39 is 23.8 Å². The van der Waals surface area contributed by atoms with E-state index >= 15 is 0 Å². The molecule has 3 amide bonds. The molecule has 0 aliphatic heterocycles.